The number of ether oxygens (including phenoxy) is 1. The van der Waals surface area contributed by atoms with Crippen LogP contribution in [0.3, 0.4) is 0 Å². The quantitative estimate of drug-likeness (QED) is 0.591. The first kappa shape index (κ1) is 10.4. The maximum Gasteiger partial charge on any atom is 0.248 e. The van der Waals surface area contributed by atoms with E-state index in [0.717, 1.165) is 39.4 Å². The van der Waals surface area contributed by atoms with Crippen LogP contribution in [0.4, 0.5) is 0 Å². The zero-order chi connectivity index (χ0) is 10.5. The molecule has 0 aromatic rings. The number of nitrogens with zero attached hydrogens (tertiary/aromatic N) is 2. The highest BCUT2D eigenvalue weighted by Gasteiger charge is 2.13. The Morgan fingerprint density at radius 2 is 2.27 bits per heavy atom. The highest BCUT2D eigenvalue weighted by Crippen LogP contribution is 1.94. The van der Waals surface area contributed by atoms with Crippen LogP contribution in [0.5, 0.6) is 0 Å². The minimum atomic E-state index is -0.0381. The number of rotatable bonds is 3. The molecule has 0 bridgehead atoms. The molecule has 0 aliphatic carbocycles. The van der Waals surface area contributed by atoms with Gasteiger partial charge in [-0.15, -0.1) is 0 Å². The molecule has 6 heteroatoms. The van der Waals surface area contributed by atoms with Gasteiger partial charge in [0.2, 0.25) is 5.91 Å². The van der Waals surface area contributed by atoms with Crippen molar-refractivity contribution in [3.8, 4) is 0 Å². The molecule has 0 spiro atoms. The molecular formula is C9H16N4O2. The summed E-state index contributed by atoms with van der Waals surface area (Å²) >= 11 is 0. The molecule has 0 radical (unpaired) electrons. The van der Waals surface area contributed by atoms with E-state index in [1.807, 2.05) is 0 Å². The van der Waals surface area contributed by atoms with Gasteiger partial charge < -0.3 is 10.1 Å². The van der Waals surface area contributed by atoms with Crippen LogP contribution in [0, 0.1) is 0 Å². The third-order valence-electron chi connectivity index (χ3n) is 2.46. The molecule has 15 heavy (non-hydrogen) atoms. The van der Waals surface area contributed by atoms with Gasteiger partial charge in [0.15, 0.2) is 5.96 Å². The second kappa shape index (κ2) is 5.09. The first-order chi connectivity index (χ1) is 7.34. The van der Waals surface area contributed by atoms with Crippen LogP contribution in [0.2, 0.25) is 0 Å². The third-order valence-corrected chi connectivity index (χ3v) is 2.46. The molecule has 2 rings (SSSR count). The first-order valence-corrected chi connectivity index (χ1v) is 5.23. The SMILES string of the molecule is O=C1CN=C(NCCN2CCOCC2)N1. The van der Waals surface area contributed by atoms with E-state index in [1.165, 1.54) is 0 Å². The third kappa shape index (κ3) is 3.17. The number of carbonyl (C=O) groups is 1. The van der Waals surface area contributed by atoms with Crippen molar-refractivity contribution < 1.29 is 9.53 Å². The van der Waals surface area contributed by atoms with Gasteiger partial charge in [0, 0.05) is 26.2 Å². The lowest BCUT2D eigenvalue weighted by molar-refractivity contribution is -0.117. The predicted molar refractivity (Wildman–Crippen MR) is 55.7 cm³/mol. The number of amides is 1. The fraction of sp³-hybridized carbons (Fsp3) is 0.778. The maximum absolute atomic E-state index is 10.8. The molecule has 2 aliphatic rings. The summed E-state index contributed by atoms with van der Waals surface area (Å²) in [4.78, 5) is 17.2. The van der Waals surface area contributed by atoms with E-state index in [9.17, 15) is 4.79 Å². The molecule has 1 saturated heterocycles. The second-order valence-electron chi connectivity index (χ2n) is 3.59. The van der Waals surface area contributed by atoms with Crippen molar-refractivity contribution in [1.82, 2.24) is 15.5 Å². The largest absolute Gasteiger partial charge is 0.379 e. The van der Waals surface area contributed by atoms with Crippen LogP contribution < -0.4 is 10.6 Å². The number of hydrogen-bond donors (Lipinski definition) is 2. The average Bonchev–Trinajstić information content (AvgIpc) is 2.66. The summed E-state index contributed by atoms with van der Waals surface area (Å²) < 4.78 is 5.25. The normalized spacial score (nSPS) is 22.4. The van der Waals surface area contributed by atoms with Crippen LogP contribution >= 0.6 is 0 Å². The number of morpholine rings is 1. The van der Waals surface area contributed by atoms with Crippen molar-refractivity contribution in [2.24, 2.45) is 4.99 Å². The Labute approximate surface area is 88.7 Å². The smallest absolute Gasteiger partial charge is 0.248 e. The monoisotopic (exact) mass is 212 g/mol. The van der Waals surface area contributed by atoms with Crippen LogP contribution in [0.1, 0.15) is 0 Å². The van der Waals surface area contributed by atoms with Crippen molar-refractivity contribution in [2.75, 3.05) is 45.9 Å². The summed E-state index contributed by atoms with van der Waals surface area (Å²) in [7, 11) is 0. The Kier molecular flexibility index (Phi) is 3.52. The highest BCUT2D eigenvalue weighted by molar-refractivity contribution is 6.02. The first-order valence-electron chi connectivity index (χ1n) is 5.23. The Balaban J connectivity index is 1.60. The van der Waals surface area contributed by atoms with Crippen molar-refractivity contribution in [3.05, 3.63) is 0 Å². The molecule has 6 nitrogen and oxygen atoms in total. The van der Waals surface area contributed by atoms with Crippen molar-refractivity contribution >= 4 is 11.9 Å². The van der Waals surface area contributed by atoms with Gasteiger partial charge in [-0.25, -0.2) is 4.99 Å². The minimum Gasteiger partial charge on any atom is -0.379 e. The topological polar surface area (TPSA) is 66.0 Å². The molecular weight excluding hydrogens is 196 g/mol. The standard InChI is InChI=1S/C9H16N4O2/c14-8-7-11-9(12-8)10-1-2-13-3-5-15-6-4-13/h1-7H2,(H2,10,11,12,14). The highest BCUT2D eigenvalue weighted by atomic mass is 16.5. The summed E-state index contributed by atoms with van der Waals surface area (Å²) in [6.07, 6.45) is 0. The number of hydrogen-bond acceptors (Lipinski definition) is 5. The van der Waals surface area contributed by atoms with E-state index in [1.54, 1.807) is 0 Å². The van der Waals surface area contributed by atoms with Crippen molar-refractivity contribution in [2.45, 2.75) is 0 Å². The summed E-state index contributed by atoms with van der Waals surface area (Å²) in [5.74, 6) is 0.567. The molecule has 0 unspecified atom stereocenters. The lowest BCUT2D eigenvalue weighted by Crippen LogP contribution is -2.43. The molecule has 0 atom stereocenters. The predicted octanol–water partition coefficient (Wildman–Crippen LogP) is -1.61. The van der Waals surface area contributed by atoms with Crippen LogP contribution in [0.15, 0.2) is 4.99 Å². The van der Waals surface area contributed by atoms with Crippen molar-refractivity contribution in [3.63, 3.8) is 0 Å². The van der Waals surface area contributed by atoms with E-state index in [-0.39, 0.29) is 12.5 Å². The van der Waals surface area contributed by atoms with Gasteiger partial charge in [-0.2, -0.15) is 0 Å². The molecule has 84 valence electrons. The fourth-order valence-corrected chi connectivity index (χ4v) is 1.62. The van der Waals surface area contributed by atoms with Gasteiger partial charge in [0.25, 0.3) is 0 Å². The maximum atomic E-state index is 10.8. The Morgan fingerprint density at radius 3 is 2.93 bits per heavy atom. The second-order valence-corrected chi connectivity index (χ2v) is 3.59. The lowest BCUT2D eigenvalue weighted by Gasteiger charge is -2.26. The molecule has 1 amide bonds. The van der Waals surface area contributed by atoms with Gasteiger partial charge in [0.1, 0.15) is 6.54 Å². The van der Waals surface area contributed by atoms with Crippen molar-refractivity contribution in [1.29, 1.82) is 0 Å². The molecule has 0 saturated carbocycles. The fourth-order valence-electron chi connectivity index (χ4n) is 1.62. The Bertz CT molecular complexity index is 261. The van der Waals surface area contributed by atoms with Gasteiger partial charge in [-0.05, 0) is 0 Å². The minimum absolute atomic E-state index is 0.0381. The van der Waals surface area contributed by atoms with E-state index >= 15 is 0 Å². The van der Waals surface area contributed by atoms with E-state index in [2.05, 4.69) is 20.5 Å². The molecule has 2 aliphatic heterocycles. The molecule has 0 aromatic carbocycles. The zero-order valence-corrected chi connectivity index (χ0v) is 8.66. The molecule has 1 fully saturated rings. The van der Waals surface area contributed by atoms with E-state index in [0.29, 0.717) is 5.96 Å². The number of carbonyl (C=O) groups excluding carboxylic acids is 1. The number of aliphatic imine (C=N–C) groups is 1. The van der Waals surface area contributed by atoms with Gasteiger partial charge in [0.05, 0.1) is 13.2 Å². The van der Waals surface area contributed by atoms with Gasteiger partial charge >= 0.3 is 0 Å². The van der Waals surface area contributed by atoms with Crippen LogP contribution in [-0.4, -0.2) is 62.7 Å². The average molecular weight is 212 g/mol. The summed E-state index contributed by atoms with van der Waals surface area (Å²) in [5, 5.41) is 5.74. The molecule has 0 aromatic heterocycles. The Morgan fingerprint density at radius 1 is 1.47 bits per heavy atom. The summed E-state index contributed by atoms with van der Waals surface area (Å²) in [5.41, 5.74) is 0. The van der Waals surface area contributed by atoms with Gasteiger partial charge in [-0.3, -0.25) is 15.0 Å². The van der Waals surface area contributed by atoms with E-state index in [4.69, 9.17) is 4.74 Å². The Hall–Kier alpha value is -1.14. The molecule has 2 N–H and O–H groups in total. The number of guanidine groups is 1. The van der Waals surface area contributed by atoms with Crippen LogP contribution in [-0.2, 0) is 9.53 Å². The molecule has 2 heterocycles. The van der Waals surface area contributed by atoms with Gasteiger partial charge in [-0.1, -0.05) is 0 Å². The zero-order valence-electron chi connectivity index (χ0n) is 8.66. The number of nitrogens with one attached hydrogen (secondary N) is 2. The van der Waals surface area contributed by atoms with Crippen LogP contribution in [0.25, 0.3) is 0 Å². The lowest BCUT2D eigenvalue weighted by atomic mass is 10.4. The summed E-state index contributed by atoms with van der Waals surface area (Å²) in [6, 6.07) is 0. The summed E-state index contributed by atoms with van der Waals surface area (Å²) in [6.45, 7) is 5.62. The van der Waals surface area contributed by atoms with E-state index < -0.39 is 0 Å².